The van der Waals surface area contributed by atoms with Gasteiger partial charge in [0.15, 0.2) is 0 Å². The molecule has 0 aliphatic heterocycles. The highest BCUT2D eigenvalue weighted by atomic mass is 15.0. The fourth-order valence-corrected chi connectivity index (χ4v) is 2.15. The summed E-state index contributed by atoms with van der Waals surface area (Å²) in [6, 6.07) is 11.4. The Kier molecular flexibility index (Phi) is 4.43. The van der Waals surface area contributed by atoms with Crippen LogP contribution in [0.4, 0.5) is 0 Å². The molecule has 0 radical (unpaired) electrons. The molecule has 1 atom stereocenters. The molecule has 1 aromatic heterocycles. The fourth-order valence-electron chi connectivity index (χ4n) is 2.15. The topological polar surface area (TPSA) is 17.0 Å². The molecule has 0 amide bonds. The summed E-state index contributed by atoms with van der Waals surface area (Å²) in [5.41, 5.74) is 1.34. The molecular formula is C16H24N2. The summed E-state index contributed by atoms with van der Waals surface area (Å²) < 4.78 is 2.34. The van der Waals surface area contributed by atoms with Crippen LogP contribution in [0.1, 0.15) is 27.2 Å². The van der Waals surface area contributed by atoms with Crippen molar-refractivity contribution >= 4 is 10.9 Å². The van der Waals surface area contributed by atoms with Gasteiger partial charge in [0.05, 0.1) is 0 Å². The molecule has 1 unspecified atom stereocenters. The first-order valence-electron chi connectivity index (χ1n) is 6.96. The van der Waals surface area contributed by atoms with Crippen molar-refractivity contribution in [2.45, 2.75) is 39.8 Å². The zero-order chi connectivity index (χ0) is 13.0. The van der Waals surface area contributed by atoms with E-state index in [0.29, 0.717) is 12.0 Å². The summed E-state index contributed by atoms with van der Waals surface area (Å²) in [6.07, 6.45) is 3.37. The maximum Gasteiger partial charge on any atom is 0.0480 e. The van der Waals surface area contributed by atoms with Crippen LogP contribution in [0.2, 0.25) is 0 Å². The smallest absolute Gasteiger partial charge is 0.0480 e. The largest absolute Gasteiger partial charge is 0.347 e. The van der Waals surface area contributed by atoms with Crippen molar-refractivity contribution in [1.29, 1.82) is 0 Å². The van der Waals surface area contributed by atoms with Crippen molar-refractivity contribution in [3.05, 3.63) is 36.5 Å². The minimum Gasteiger partial charge on any atom is -0.347 e. The van der Waals surface area contributed by atoms with E-state index in [1.807, 2.05) is 0 Å². The number of rotatable bonds is 6. The van der Waals surface area contributed by atoms with Gasteiger partial charge >= 0.3 is 0 Å². The first kappa shape index (κ1) is 13.2. The molecule has 2 rings (SSSR count). The van der Waals surface area contributed by atoms with Gasteiger partial charge in [-0.15, -0.1) is 0 Å². The van der Waals surface area contributed by atoms with E-state index < -0.39 is 0 Å². The predicted octanol–water partition coefficient (Wildman–Crippen LogP) is 3.67. The van der Waals surface area contributed by atoms with Crippen LogP contribution < -0.4 is 5.32 Å². The number of nitrogens with one attached hydrogen (secondary N) is 1. The maximum absolute atomic E-state index is 3.58. The third-order valence-electron chi connectivity index (χ3n) is 3.72. The number of nitrogens with zero attached hydrogens (tertiary/aromatic N) is 1. The van der Waals surface area contributed by atoms with Crippen molar-refractivity contribution in [2.75, 3.05) is 6.54 Å². The first-order chi connectivity index (χ1) is 8.68. The zero-order valence-corrected chi connectivity index (χ0v) is 11.7. The second kappa shape index (κ2) is 6.05. The molecular weight excluding hydrogens is 220 g/mol. The molecule has 0 spiro atoms. The standard InChI is InChI=1S/C16H24N2/c1-13(2)14(3)17-10-6-11-18-12-9-15-7-4-5-8-16(15)18/h4-5,7-9,12-14,17H,6,10-11H2,1-3H3. The summed E-state index contributed by atoms with van der Waals surface area (Å²) in [7, 11) is 0. The van der Waals surface area contributed by atoms with Crippen molar-refractivity contribution in [3.63, 3.8) is 0 Å². The minimum absolute atomic E-state index is 0.603. The van der Waals surface area contributed by atoms with E-state index in [2.05, 4.69) is 67.2 Å². The molecule has 0 fully saturated rings. The highest BCUT2D eigenvalue weighted by Crippen LogP contribution is 2.15. The van der Waals surface area contributed by atoms with E-state index in [0.717, 1.165) is 13.1 Å². The highest BCUT2D eigenvalue weighted by Gasteiger charge is 2.05. The predicted molar refractivity (Wildman–Crippen MR) is 78.9 cm³/mol. The molecule has 0 saturated carbocycles. The summed E-state index contributed by atoms with van der Waals surface area (Å²) in [6.45, 7) is 8.96. The Labute approximate surface area is 110 Å². The van der Waals surface area contributed by atoms with Gasteiger partial charge in [-0.05, 0) is 43.3 Å². The molecule has 98 valence electrons. The monoisotopic (exact) mass is 244 g/mol. The first-order valence-corrected chi connectivity index (χ1v) is 6.96. The zero-order valence-electron chi connectivity index (χ0n) is 11.7. The Morgan fingerprint density at radius 1 is 1.11 bits per heavy atom. The van der Waals surface area contributed by atoms with Crippen LogP contribution in [-0.4, -0.2) is 17.2 Å². The van der Waals surface area contributed by atoms with Crippen molar-refractivity contribution in [3.8, 4) is 0 Å². The number of hydrogen-bond donors (Lipinski definition) is 1. The lowest BCUT2D eigenvalue weighted by Gasteiger charge is -2.17. The van der Waals surface area contributed by atoms with Gasteiger partial charge in [0.2, 0.25) is 0 Å². The van der Waals surface area contributed by atoms with Crippen LogP contribution in [0.5, 0.6) is 0 Å². The molecule has 2 heteroatoms. The van der Waals surface area contributed by atoms with Gasteiger partial charge in [-0.3, -0.25) is 0 Å². The average molecular weight is 244 g/mol. The van der Waals surface area contributed by atoms with E-state index in [4.69, 9.17) is 0 Å². The summed E-state index contributed by atoms with van der Waals surface area (Å²) in [5.74, 6) is 0.706. The van der Waals surface area contributed by atoms with E-state index in [9.17, 15) is 0 Å². The van der Waals surface area contributed by atoms with Crippen LogP contribution in [0.25, 0.3) is 10.9 Å². The van der Waals surface area contributed by atoms with Gasteiger partial charge in [0, 0.05) is 24.3 Å². The summed E-state index contributed by atoms with van der Waals surface area (Å²) in [5, 5.41) is 4.91. The van der Waals surface area contributed by atoms with Crippen LogP contribution in [0, 0.1) is 5.92 Å². The second-order valence-electron chi connectivity index (χ2n) is 5.41. The Bertz CT molecular complexity index is 485. The molecule has 0 bridgehead atoms. The molecule has 2 nitrogen and oxygen atoms in total. The second-order valence-corrected chi connectivity index (χ2v) is 5.41. The van der Waals surface area contributed by atoms with Crippen LogP contribution in [0.3, 0.4) is 0 Å². The fraction of sp³-hybridized carbons (Fsp3) is 0.500. The number of fused-ring (bicyclic) bond motifs is 1. The third-order valence-corrected chi connectivity index (χ3v) is 3.72. The van der Waals surface area contributed by atoms with Crippen molar-refractivity contribution < 1.29 is 0 Å². The number of aryl methyl sites for hydroxylation is 1. The lowest BCUT2D eigenvalue weighted by molar-refractivity contribution is 0.418. The SMILES string of the molecule is CC(C)C(C)NCCCn1ccc2ccccc21. The summed E-state index contributed by atoms with van der Waals surface area (Å²) in [4.78, 5) is 0. The highest BCUT2D eigenvalue weighted by molar-refractivity contribution is 5.79. The Morgan fingerprint density at radius 3 is 2.67 bits per heavy atom. The Hall–Kier alpha value is -1.28. The van der Waals surface area contributed by atoms with Crippen molar-refractivity contribution in [1.82, 2.24) is 9.88 Å². The third kappa shape index (κ3) is 3.14. The Balaban J connectivity index is 1.84. The molecule has 18 heavy (non-hydrogen) atoms. The lowest BCUT2D eigenvalue weighted by atomic mass is 10.1. The quantitative estimate of drug-likeness (QED) is 0.767. The van der Waals surface area contributed by atoms with Crippen LogP contribution >= 0.6 is 0 Å². The number of hydrogen-bond acceptors (Lipinski definition) is 1. The molecule has 0 aliphatic rings. The van der Waals surface area contributed by atoms with Gasteiger partial charge in [-0.1, -0.05) is 32.0 Å². The summed E-state index contributed by atoms with van der Waals surface area (Å²) >= 11 is 0. The molecule has 0 aliphatic carbocycles. The lowest BCUT2D eigenvalue weighted by Crippen LogP contribution is -2.31. The molecule has 1 heterocycles. The van der Waals surface area contributed by atoms with E-state index >= 15 is 0 Å². The van der Waals surface area contributed by atoms with Gasteiger partial charge in [-0.25, -0.2) is 0 Å². The van der Waals surface area contributed by atoms with Gasteiger partial charge in [0.1, 0.15) is 0 Å². The van der Waals surface area contributed by atoms with E-state index in [1.165, 1.54) is 17.3 Å². The van der Waals surface area contributed by atoms with Crippen molar-refractivity contribution in [2.24, 2.45) is 5.92 Å². The maximum atomic E-state index is 3.58. The van der Waals surface area contributed by atoms with Gasteiger partial charge in [0.25, 0.3) is 0 Å². The minimum atomic E-state index is 0.603. The molecule has 1 N–H and O–H groups in total. The van der Waals surface area contributed by atoms with Gasteiger partial charge in [-0.2, -0.15) is 0 Å². The Morgan fingerprint density at radius 2 is 1.89 bits per heavy atom. The molecule has 1 aromatic carbocycles. The number of aromatic nitrogens is 1. The normalized spacial score (nSPS) is 13.3. The number of para-hydroxylation sites is 1. The number of benzene rings is 1. The van der Waals surface area contributed by atoms with E-state index in [1.54, 1.807) is 0 Å². The molecule has 2 aromatic rings. The van der Waals surface area contributed by atoms with Gasteiger partial charge < -0.3 is 9.88 Å². The van der Waals surface area contributed by atoms with E-state index in [-0.39, 0.29) is 0 Å². The molecule has 0 saturated heterocycles. The average Bonchev–Trinajstić information content (AvgIpc) is 2.77. The van der Waals surface area contributed by atoms with Crippen LogP contribution in [0.15, 0.2) is 36.5 Å². The van der Waals surface area contributed by atoms with Crippen LogP contribution in [-0.2, 0) is 6.54 Å².